The second kappa shape index (κ2) is 7.98. The first-order valence-electron chi connectivity index (χ1n) is 7.72. The van der Waals surface area contributed by atoms with Crippen molar-refractivity contribution in [2.45, 2.75) is 13.5 Å². The van der Waals surface area contributed by atoms with E-state index in [2.05, 4.69) is 26.1 Å². The van der Waals surface area contributed by atoms with Crippen LogP contribution in [-0.4, -0.2) is 17.3 Å². The highest BCUT2D eigenvalue weighted by molar-refractivity contribution is 9.10. The number of halogens is 1. The number of benzene rings is 2. The fourth-order valence-electron chi connectivity index (χ4n) is 2.29. The molecule has 128 valence electrons. The van der Waals surface area contributed by atoms with Gasteiger partial charge >= 0.3 is 0 Å². The number of methoxy groups -OCH3 is 1. The van der Waals surface area contributed by atoms with Crippen LogP contribution in [0.2, 0.25) is 0 Å². The predicted molar refractivity (Wildman–Crippen MR) is 99.5 cm³/mol. The van der Waals surface area contributed by atoms with Crippen LogP contribution in [0.15, 0.2) is 57.4 Å². The molecule has 2 aromatic carbocycles. The van der Waals surface area contributed by atoms with E-state index in [1.165, 1.54) is 0 Å². The Kier molecular flexibility index (Phi) is 5.50. The Balaban J connectivity index is 1.73. The van der Waals surface area contributed by atoms with Crippen LogP contribution in [0.5, 0.6) is 11.5 Å². The smallest absolute Gasteiger partial charge is 0.254 e. The van der Waals surface area contributed by atoms with E-state index in [0.29, 0.717) is 23.3 Å². The van der Waals surface area contributed by atoms with E-state index in [-0.39, 0.29) is 6.61 Å². The summed E-state index contributed by atoms with van der Waals surface area (Å²) in [4.78, 5) is 0. The van der Waals surface area contributed by atoms with Gasteiger partial charge in [-0.25, -0.2) is 0 Å². The quantitative estimate of drug-likeness (QED) is 0.574. The summed E-state index contributed by atoms with van der Waals surface area (Å²) in [6, 6.07) is 13.4. The molecule has 0 atom stereocenters. The van der Waals surface area contributed by atoms with Crippen LogP contribution >= 0.6 is 15.9 Å². The number of aromatic nitrogens is 2. The minimum Gasteiger partial charge on any atom is -0.493 e. The van der Waals surface area contributed by atoms with Crippen LogP contribution in [-0.2, 0) is 6.61 Å². The highest BCUT2D eigenvalue weighted by Gasteiger charge is 2.13. The highest BCUT2D eigenvalue weighted by Crippen LogP contribution is 2.30. The molecule has 1 aromatic heterocycles. The number of hydrogen-bond donors (Lipinski definition) is 0. The Morgan fingerprint density at radius 3 is 2.72 bits per heavy atom. The van der Waals surface area contributed by atoms with Gasteiger partial charge in [0.1, 0.15) is 0 Å². The molecule has 3 aromatic rings. The summed E-state index contributed by atoms with van der Waals surface area (Å²) in [5, 5.41) is 8.11. The summed E-state index contributed by atoms with van der Waals surface area (Å²) in [6.45, 7) is 2.13. The van der Waals surface area contributed by atoms with Crippen LogP contribution in [0.4, 0.5) is 0 Å². The lowest BCUT2D eigenvalue weighted by Crippen LogP contribution is -1.98. The maximum atomic E-state index is 5.77. The molecule has 0 aliphatic rings. The van der Waals surface area contributed by atoms with Crippen LogP contribution in [0.3, 0.4) is 0 Å². The highest BCUT2D eigenvalue weighted by atomic mass is 79.9. The first-order valence-corrected chi connectivity index (χ1v) is 8.51. The second-order valence-electron chi connectivity index (χ2n) is 5.18. The van der Waals surface area contributed by atoms with Gasteiger partial charge in [0.2, 0.25) is 5.89 Å². The molecule has 0 unspecified atom stereocenters. The van der Waals surface area contributed by atoms with Gasteiger partial charge in [-0.05, 0) is 52.7 Å². The fourth-order valence-corrected chi connectivity index (χ4v) is 2.75. The van der Waals surface area contributed by atoms with E-state index in [1.807, 2.05) is 61.5 Å². The molecule has 0 amide bonds. The normalized spacial score (nSPS) is 11.0. The average Bonchev–Trinajstić information content (AvgIpc) is 3.10. The summed E-state index contributed by atoms with van der Waals surface area (Å²) in [5.41, 5.74) is 1.88. The van der Waals surface area contributed by atoms with Crippen LogP contribution in [0.1, 0.15) is 18.4 Å². The standard InChI is InChI=1S/C19H17BrN2O3/c1-3-6-13-9-10-16(17(11-13)23-2)24-12-18-21-22-19(25-18)14-7-4-5-8-15(14)20/h3-11H,12H2,1-2H3/b6-3+. The van der Waals surface area contributed by atoms with Crippen LogP contribution in [0, 0.1) is 0 Å². The Morgan fingerprint density at radius 1 is 1.12 bits per heavy atom. The van der Waals surface area contributed by atoms with E-state index >= 15 is 0 Å². The Morgan fingerprint density at radius 2 is 1.96 bits per heavy atom. The van der Waals surface area contributed by atoms with Crippen molar-refractivity contribution in [2.75, 3.05) is 7.11 Å². The second-order valence-corrected chi connectivity index (χ2v) is 6.03. The SMILES string of the molecule is C/C=C/c1ccc(OCc2nnc(-c3ccccc3Br)o2)c(OC)c1. The van der Waals surface area contributed by atoms with Gasteiger partial charge in [-0.15, -0.1) is 10.2 Å². The van der Waals surface area contributed by atoms with Gasteiger partial charge < -0.3 is 13.9 Å². The third kappa shape index (κ3) is 4.09. The molecule has 0 saturated heterocycles. The number of ether oxygens (including phenoxy) is 2. The molecule has 0 radical (unpaired) electrons. The van der Waals surface area contributed by atoms with Crippen molar-refractivity contribution in [1.82, 2.24) is 10.2 Å². The van der Waals surface area contributed by atoms with Crippen molar-refractivity contribution in [1.29, 1.82) is 0 Å². The van der Waals surface area contributed by atoms with Gasteiger partial charge in [0, 0.05) is 4.47 Å². The van der Waals surface area contributed by atoms with Crippen molar-refractivity contribution < 1.29 is 13.9 Å². The lowest BCUT2D eigenvalue weighted by atomic mass is 10.2. The van der Waals surface area contributed by atoms with Gasteiger partial charge in [-0.3, -0.25) is 0 Å². The Hall–Kier alpha value is -2.60. The fraction of sp³-hybridized carbons (Fsp3) is 0.158. The minimum absolute atomic E-state index is 0.163. The van der Waals surface area contributed by atoms with Crippen molar-refractivity contribution in [3.05, 3.63) is 64.5 Å². The Labute approximate surface area is 154 Å². The van der Waals surface area contributed by atoms with E-state index < -0.39 is 0 Å². The predicted octanol–water partition coefficient (Wildman–Crippen LogP) is 5.12. The largest absolute Gasteiger partial charge is 0.493 e. The summed E-state index contributed by atoms with van der Waals surface area (Å²) in [5.74, 6) is 2.12. The molecule has 0 aliphatic carbocycles. The van der Waals surface area contributed by atoms with Gasteiger partial charge in [-0.1, -0.05) is 30.4 Å². The summed E-state index contributed by atoms with van der Waals surface area (Å²) >= 11 is 3.48. The molecule has 0 N–H and O–H groups in total. The third-order valence-electron chi connectivity index (χ3n) is 3.47. The van der Waals surface area contributed by atoms with Gasteiger partial charge in [-0.2, -0.15) is 0 Å². The molecule has 0 aliphatic heterocycles. The van der Waals surface area contributed by atoms with Gasteiger partial charge in [0.25, 0.3) is 5.89 Å². The molecule has 3 rings (SSSR count). The Bertz CT molecular complexity index is 890. The maximum absolute atomic E-state index is 5.77. The summed E-state index contributed by atoms with van der Waals surface area (Å²) < 4.78 is 17.7. The number of hydrogen-bond acceptors (Lipinski definition) is 5. The average molecular weight is 401 g/mol. The lowest BCUT2D eigenvalue weighted by Gasteiger charge is -2.09. The van der Waals surface area contributed by atoms with Crippen molar-refractivity contribution in [2.24, 2.45) is 0 Å². The number of allylic oxidation sites excluding steroid dienone is 1. The first-order chi connectivity index (χ1) is 12.2. The number of rotatable bonds is 6. The van der Waals surface area contributed by atoms with E-state index in [1.54, 1.807) is 7.11 Å². The third-order valence-corrected chi connectivity index (χ3v) is 4.16. The molecule has 0 spiro atoms. The lowest BCUT2D eigenvalue weighted by molar-refractivity contribution is 0.251. The molecule has 1 heterocycles. The maximum Gasteiger partial charge on any atom is 0.254 e. The zero-order chi connectivity index (χ0) is 17.6. The molecule has 6 heteroatoms. The van der Waals surface area contributed by atoms with Crippen molar-refractivity contribution in [3.63, 3.8) is 0 Å². The summed E-state index contributed by atoms with van der Waals surface area (Å²) in [6.07, 6.45) is 3.96. The van der Waals surface area contributed by atoms with Gasteiger partial charge in [0.15, 0.2) is 18.1 Å². The molecular weight excluding hydrogens is 384 g/mol. The topological polar surface area (TPSA) is 57.4 Å². The molecular formula is C19H17BrN2O3. The van der Waals surface area contributed by atoms with Crippen LogP contribution < -0.4 is 9.47 Å². The van der Waals surface area contributed by atoms with E-state index in [9.17, 15) is 0 Å². The number of nitrogens with zero attached hydrogens (tertiary/aromatic N) is 2. The zero-order valence-corrected chi connectivity index (χ0v) is 15.5. The van der Waals surface area contributed by atoms with E-state index in [0.717, 1.165) is 15.6 Å². The monoisotopic (exact) mass is 400 g/mol. The molecule has 5 nitrogen and oxygen atoms in total. The molecule has 25 heavy (non-hydrogen) atoms. The molecule has 0 fully saturated rings. The minimum atomic E-state index is 0.163. The van der Waals surface area contributed by atoms with Crippen molar-refractivity contribution in [3.8, 4) is 23.0 Å². The zero-order valence-electron chi connectivity index (χ0n) is 13.9. The molecule has 0 bridgehead atoms. The van der Waals surface area contributed by atoms with Gasteiger partial charge in [0.05, 0.1) is 12.7 Å². The van der Waals surface area contributed by atoms with E-state index in [4.69, 9.17) is 13.9 Å². The van der Waals surface area contributed by atoms with Crippen molar-refractivity contribution >= 4 is 22.0 Å². The summed E-state index contributed by atoms with van der Waals surface area (Å²) in [7, 11) is 1.61. The molecule has 0 saturated carbocycles. The van der Waals surface area contributed by atoms with Crippen LogP contribution in [0.25, 0.3) is 17.5 Å². The first kappa shape index (κ1) is 17.2.